The molecule has 0 amide bonds. The first-order chi connectivity index (χ1) is 11.0. The van der Waals surface area contributed by atoms with Crippen molar-refractivity contribution in [1.82, 2.24) is 4.31 Å². The zero-order chi connectivity index (χ0) is 16.4. The highest BCUT2D eigenvalue weighted by molar-refractivity contribution is 7.89. The number of nitrogens with zero attached hydrogens (tertiary/aromatic N) is 1. The van der Waals surface area contributed by atoms with E-state index in [0.717, 1.165) is 10.5 Å². The van der Waals surface area contributed by atoms with Crippen molar-refractivity contribution in [2.75, 3.05) is 26.2 Å². The minimum absolute atomic E-state index is 0. The first-order valence-corrected chi connectivity index (χ1v) is 9.09. The van der Waals surface area contributed by atoms with E-state index >= 15 is 0 Å². The average molecular weight is 371 g/mol. The van der Waals surface area contributed by atoms with Crippen molar-refractivity contribution in [2.24, 2.45) is 0 Å². The second kappa shape index (κ2) is 7.61. The standard InChI is InChI=1S/C17H19FN2O2S.ClH/c1-14-6-8-15(9-7-14)23(21,22)20-12-10-19(11-13-20)17-5-3-2-4-16(17)18;/h2-9H,10-13H2,1H3;1H. The van der Waals surface area contributed by atoms with Gasteiger partial charge in [-0.1, -0.05) is 29.8 Å². The van der Waals surface area contributed by atoms with Crippen molar-refractivity contribution in [3.8, 4) is 0 Å². The molecule has 0 radical (unpaired) electrons. The number of hydrogen-bond acceptors (Lipinski definition) is 2. The van der Waals surface area contributed by atoms with Crippen LogP contribution in [0.3, 0.4) is 0 Å². The van der Waals surface area contributed by atoms with Gasteiger partial charge in [0, 0.05) is 6.07 Å². The van der Waals surface area contributed by atoms with Gasteiger partial charge in [0.25, 0.3) is 0 Å². The van der Waals surface area contributed by atoms with Crippen LogP contribution in [0.2, 0.25) is 0 Å². The molecule has 0 saturated carbocycles. The number of benzene rings is 2. The van der Waals surface area contributed by atoms with Crippen LogP contribution in [0.4, 0.5) is 10.1 Å². The molecule has 1 heterocycles. The Kier molecular flexibility index (Phi) is 5.98. The van der Waals surface area contributed by atoms with Gasteiger partial charge in [0.05, 0.1) is 31.1 Å². The summed E-state index contributed by atoms with van der Waals surface area (Å²) in [6, 6.07) is 13.5. The molecule has 1 N–H and O–H groups in total. The molecular weight excluding hydrogens is 351 g/mol. The maximum absolute atomic E-state index is 13.9. The summed E-state index contributed by atoms with van der Waals surface area (Å²) in [5, 5.41) is 0. The van der Waals surface area contributed by atoms with Crippen LogP contribution in [0.15, 0.2) is 53.4 Å². The van der Waals surface area contributed by atoms with E-state index in [2.05, 4.69) is 0 Å². The Hall–Kier alpha value is -1.47. The molecule has 0 atom stereocenters. The van der Waals surface area contributed by atoms with Crippen LogP contribution in [0.1, 0.15) is 5.56 Å². The smallest absolute Gasteiger partial charge is 0.243 e. The Balaban J connectivity index is 0.00000208. The van der Waals surface area contributed by atoms with Gasteiger partial charge in [-0.3, -0.25) is 4.90 Å². The first-order valence-electron chi connectivity index (χ1n) is 7.65. The molecule has 2 aromatic rings. The average Bonchev–Trinajstić information content (AvgIpc) is 2.56. The Morgan fingerprint density at radius 2 is 1.58 bits per heavy atom. The highest BCUT2D eigenvalue weighted by Gasteiger charge is 2.31. The van der Waals surface area contributed by atoms with Gasteiger partial charge >= 0.3 is 0 Å². The van der Waals surface area contributed by atoms with E-state index in [4.69, 9.17) is 0 Å². The molecule has 1 saturated heterocycles. The van der Waals surface area contributed by atoms with Gasteiger partial charge in [-0.05, 0) is 25.1 Å². The summed E-state index contributed by atoms with van der Waals surface area (Å²) in [5.74, 6) is -0.239. The summed E-state index contributed by atoms with van der Waals surface area (Å²) in [7, 11) is -3.47. The number of piperazine rings is 1. The lowest BCUT2D eigenvalue weighted by atomic mass is 10.2. The summed E-state index contributed by atoms with van der Waals surface area (Å²) in [4.78, 5) is 1.30. The number of halogens is 2. The number of sulfonamides is 1. The fourth-order valence-corrected chi connectivity index (χ4v) is 4.31. The predicted molar refractivity (Wildman–Crippen MR) is 86.7 cm³/mol. The molecule has 0 bridgehead atoms. The highest BCUT2D eigenvalue weighted by Crippen LogP contribution is 2.17. The van der Waals surface area contributed by atoms with Crippen LogP contribution >= 0.6 is 0 Å². The van der Waals surface area contributed by atoms with Crippen LogP contribution in [-0.2, 0) is 10.0 Å². The van der Waals surface area contributed by atoms with Crippen molar-refractivity contribution in [3.63, 3.8) is 0 Å². The van der Waals surface area contributed by atoms with Crippen LogP contribution in [-0.4, -0.2) is 38.9 Å². The summed E-state index contributed by atoms with van der Waals surface area (Å²) in [5.41, 5.74) is 1.64. The molecule has 2 aromatic carbocycles. The highest BCUT2D eigenvalue weighted by atomic mass is 35.5. The van der Waals surface area contributed by atoms with Gasteiger partial charge in [0.15, 0.2) is 11.5 Å². The summed E-state index contributed by atoms with van der Waals surface area (Å²) >= 11 is 0. The van der Waals surface area contributed by atoms with Gasteiger partial charge in [-0.25, -0.2) is 12.8 Å². The normalized spacial score (nSPS) is 16.6. The van der Waals surface area contributed by atoms with E-state index in [1.54, 1.807) is 42.5 Å². The van der Waals surface area contributed by atoms with E-state index in [1.807, 2.05) is 6.92 Å². The number of aryl methyl sites for hydroxylation is 1. The number of para-hydroxylation sites is 1. The lowest BCUT2D eigenvalue weighted by molar-refractivity contribution is -0.838. The minimum atomic E-state index is -3.47. The zero-order valence-electron chi connectivity index (χ0n) is 13.4. The first kappa shape index (κ1) is 18.9. The fourth-order valence-electron chi connectivity index (χ4n) is 2.87. The van der Waals surface area contributed by atoms with Gasteiger partial charge in [-0.2, -0.15) is 4.31 Å². The maximum Gasteiger partial charge on any atom is 0.243 e. The molecule has 7 heteroatoms. The van der Waals surface area contributed by atoms with Gasteiger partial charge in [0.1, 0.15) is 0 Å². The predicted octanol–water partition coefficient (Wildman–Crippen LogP) is -1.64. The number of quaternary nitrogens is 1. The van der Waals surface area contributed by atoms with Crippen LogP contribution < -0.4 is 17.3 Å². The van der Waals surface area contributed by atoms with Crippen LogP contribution in [0.5, 0.6) is 0 Å². The molecule has 1 aliphatic heterocycles. The second-order valence-corrected chi connectivity index (χ2v) is 7.74. The van der Waals surface area contributed by atoms with Crippen molar-refractivity contribution in [3.05, 3.63) is 59.9 Å². The molecule has 130 valence electrons. The minimum Gasteiger partial charge on any atom is -1.00 e. The Morgan fingerprint density at radius 3 is 2.17 bits per heavy atom. The van der Waals surface area contributed by atoms with Gasteiger partial charge in [-0.15, -0.1) is 0 Å². The maximum atomic E-state index is 13.9. The fraction of sp³-hybridized carbons (Fsp3) is 0.294. The molecule has 0 spiro atoms. The van der Waals surface area contributed by atoms with Crippen molar-refractivity contribution in [2.45, 2.75) is 11.8 Å². The van der Waals surface area contributed by atoms with Crippen LogP contribution in [0.25, 0.3) is 0 Å². The Bertz CT molecular complexity index is 788. The topological polar surface area (TPSA) is 41.8 Å². The molecular formula is C17H20ClFN2O2S. The lowest BCUT2D eigenvalue weighted by Crippen LogP contribution is -3.10. The molecule has 0 aliphatic carbocycles. The Labute approximate surface area is 148 Å². The monoisotopic (exact) mass is 370 g/mol. The third-order valence-electron chi connectivity index (χ3n) is 4.24. The van der Waals surface area contributed by atoms with Crippen LogP contribution in [0, 0.1) is 12.7 Å². The molecule has 0 unspecified atom stereocenters. The van der Waals surface area contributed by atoms with E-state index in [-0.39, 0.29) is 18.2 Å². The third-order valence-corrected chi connectivity index (χ3v) is 6.15. The lowest BCUT2D eigenvalue weighted by Gasteiger charge is -2.31. The van der Waals surface area contributed by atoms with E-state index in [0.29, 0.717) is 36.8 Å². The summed E-state index contributed by atoms with van der Waals surface area (Å²) < 4.78 is 40.6. The molecule has 0 aromatic heterocycles. The number of hydrogen-bond donors (Lipinski definition) is 1. The SMILES string of the molecule is Cc1ccc(S(=O)(=O)N2CC[NH+](c3ccccc3F)CC2)cc1.[Cl-]. The molecule has 1 fully saturated rings. The van der Waals surface area contributed by atoms with Crippen molar-refractivity contribution < 1.29 is 30.1 Å². The molecule has 3 rings (SSSR count). The van der Waals surface area contributed by atoms with E-state index < -0.39 is 10.0 Å². The summed E-state index contributed by atoms with van der Waals surface area (Å²) in [6.07, 6.45) is 0. The molecule has 24 heavy (non-hydrogen) atoms. The summed E-state index contributed by atoms with van der Waals surface area (Å²) in [6.45, 7) is 3.82. The number of rotatable bonds is 3. The van der Waals surface area contributed by atoms with Gasteiger partial charge < -0.3 is 12.4 Å². The quantitative estimate of drug-likeness (QED) is 0.704. The largest absolute Gasteiger partial charge is 1.00 e. The number of nitrogens with one attached hydrogen (secondary N) is 1. The van der Waals surface area contributed by atoms with Crippen molar-refractivity contribution in [1.29, 1.82) is 0 Å². The molecule has 1 aliphatic rings. The molecule has 4 nitrogen and oxygen atoms in total. The van der Waals surface area contributed by atoms with E-state index in [1.165, 1.54) is 10.4 Å². The third kappa shape index (κ3) is 3.78. The van der Waals surface area contributed by atoms with E-state index in [9.17, 15) is 12.8 Å². The van der Waals surface area contributed by atoms with Crippen molar-refractivity contribution >= 4 is 15.7 Å². The Morgan fingerprint density at radius 1 is 1.00 bits per heavy atom. The zero-order valence-corrected chi connectivity index (χ0v) is 14.9. The second-order valence-electron chi connectivity index (χ2n) is 5.80. The van der Waals surface area contributed by atoms with Gasteiger partial charge in [0.2, 0.25) is 10.0 Å².